The molecule has 0 fully saturated rings. The van der Waals surface area contributed by atoms with Gasteiger partial charge in [-0.1, -0.05) is 0 Å². The lowest BCUT2D eigenvalue weighted by molar-refractivity contribution is -0.131. The summed E-state index contributed by atoms with van der Waals surface area (Å²) >= 11 is 0. The third kappa shape index (κ3) is 3.70. The largest absolute Gasteiger partial charge is 0.449 e. The summed E-state index contributed by atoms with van der Waals surface area (Å²) in [5.41, 5.74) is 0. The second-order valence-corrected chi connectivity index (χ2v) is 5.71. The van der Waals surface area contributed by atoms with Crippen LogP contribution in [0.3, 0.4) is 0 Å². The van der Waals surface area contributed by atoms with Gasteiger partial charge in [-0.2, -0.15) is 0 Å². The minimum Gasteiger partial charge on any atom is -0.449 e. The summed E-state index contributed by atoms with van der Waals surface area (Å²) in [6.07, 6.45) is -0.962. The van der Waals surface area contributed by atoms with Crippen LogP contribution in [0.25, 0.3) is 0 Å². The monoisotopic (exact) mass is 301 g/mol. The highest BCUT2D eigenvalue weighted by atomic mass is 32.2. The Morgan fingerprint density at radius 2 is 1.75 bits per heavy atom. The number of hydrogen-bond acceptors (Lipinski definition) is 6. The van der Waals surface area contributed by atoms with Crippen LogP contribution in [-0.2, 0) is 19.6 Å². The number of sulfonamides is 1. The van der Waals surface area contributed by atoms with Crippen molar-refractivity contribution in [3.8, 4) is 5.75 Å². The van der Waals surface area contributed by atoms with E-state index in [0.717, 1.165) is 7.05 Å². The highest BCUT2D eigenvalue weighted by Crippen LogP contribution is 2.19. The lowest BCUT2D eigenvalue weighted by Crippen LogP contribution is -2.33. The maximum absolute atomic E-state index is 12.1. The van der Waals surface area contributed by atoms with E-state index in [1.807, 2.05) is 0 Å². The first-order valence-corrected chi connectivity index (χ1v) is 7.17. The molecule has 0 aliphatic rings. The standard InChI is InChI=1S/C12H15NO6S/c1-4-18-12(15)13(3)20(16,17)11-7-5-10(6-8-11)19-9(2)14/h5-8H,4H2,1-3H3. The van der Waals surface area contributed by atoms with Crippen LogP contribution in [-0.4, -0.2) is 38.4 Å². The summed E-state index contributed by atoms with van der Waals surface area (Å²) < 4.78 is 34.1. The lowest BCUT2D eigenvalue weighted by atomic mass is 10.3. The molecule has 0 N–H and O–H groups in total. The van der Waals surface area contributed by atoms with E-state index < -0.39 is 22.1 Å². The number of carbonyl (C=O) groups is 2. The predicted octanol–water partition coefficient (Wildman–Crippen LogP) is 1.39. The van der Waals surface area contributed by atoms with Gasteiger partial charge in [-0.15, -0.1) is 0 Å². The molecule has 1 aromatic carbocycles. The van der Waals surface area contributed by atoms with Gasteiger partial charge in [0, 0.05) is 14.0 Å². The Hall–Kier alpha value is -2.09. The number of nitrogens with zero attached hydrogens (tertiary/aromatic N) is 1. The zero-order valence-corrected chi connectivity index (χ0v) is 12.1. The molecule has 110 valence electrons. The third-order valence-corrected chi connectivity index (χ3v) is 4.01. The number of ether oxygens (including phenoxy) is 2. The van der Waals surface area contributed by atoms with Crippen LogP contribution in [0.15, 0.2) is 29.2 Å². The Bertz CT molecular complexity index is 593. The summed E-state index contributed by atoms with van der Waals surface area (Å²) in [5.74, 6) is -0.292. The smallest absolute Gasteiger partial charge is 0.423 e. The zero-order chi connectivity index (χ0) is 15.3. The van der Waals surface area contributed by atoms with E-state index in [0.29, 0.717) is 4.31 Å². The molecule has 1 rings (SSSR count). The van der Waals surface area contributed by atoms with Crippen LogP contribution < -0.4 is 4.74 Å². The average Bonchev–Trinajstić information content (AvgIpc) is 2.38. The highest BCUT2D eigenvalue weighted by Gasteiger charge is 2.26. The van der Waals surface area contributed by atoms with E-state index in [4.69, 9.17) is 4.74 Å². The van der Waals surface area contributed by atoms with Crippen molar-refractivity contribution in [2.75, 3.05) is 13.7 Å². The molecule has 1 amide bonds. The molecule has 20 heavy (non-hydrogen) atoms. The summed E-state index contributed by atoms with van der Waals surface area (Å²) in [6, 6.07) is 5.13. The normalized spacial score (nSPS) is 10.8. The number of rotatable bonds is 4. The molecular formula is C12H15NO6S. The van der Waals surface area contributed by atoms with Gasteiger partial charge in [0.2, 0.25) is 0 Å². The van der Waals surface area contributed by atoms with Gasteiger partial charge < -0.3 is 9.47 Å². The van der Waals surface area contributed by atoms with Crippen LogP contribution >= 0.6 is 0 Å². The van der Waals surface area contributed by atoms with Gasteiger partial charge in [0.05, 0.1) is 11.5 Å². The molecule has 7 nitrogen and oxygen atoms in total. The average molecular weight is 301 g/mol. The predicted molar refractivity (Wildman–Crippen MR) is 69.7 cm³/mol. The summed E-state index contributed by atoms with van der Waals surface area (Å²) in [6.45, 7) is 2.88. The maximum atomic E-state index is 12.1. The van der Waals surface area contributed by atoms with Gasteiger partial charge >= 0.3 is 12.1 Å². The van der Waals surface area contributed by atoms with Gasteiger partial charge in [-0.25, -0.2) is 17.5 Å². The van der Waals surface area contributed by atoms with E-state index in [1.54, 1.807) is 6.92 Å². The van der Waals surface area contributed by atoms with Crippen LogP contribution in [0.1, 0.15) is 13.8 Å². The fraction of sp³-hybridized carbons (Fsp3) is 0.333. The van der Waals surface area contributed by atoms with E-state index in [-0.39, 0.29) is 17.3 Å². The van der Waals surface area contributed by atoms with Crippen molar-refractivity contribution >= 4 is 22.1 Å². The maximum Gasteiger partial charge on any atom is 0.423 e. The molecule has 0 aromatic heterocycles. The van der Waals surface area contributed by atoms with Crippen molar-refractivity contribution in [2.45, 2.75) is 18.7 Å². The third-order valence-electron chi connectivity index (χ3n) is 2.27. The number of amides is 1. The number of hydrogen-bond donors (Lipinski definition) is 0. The molecule has 0 aliphatic heterocycles. The minimum absolute atomic E-state index is 0.0735. The first-order valence-electron chi connectivity index (χ1n) is 5.73. The highest BCUT2D eigenvalue weighted by molar-refractivity contribution is 7.89. The van der Waals surface area contributed by atoms with Crippen LogP contribution in [0.5, 0.6) is 5.75 Å². The fourth-order valence-corrected chi connectivity index (χ4v) is 2.36. The fourth-order valence-electron chi connectivity index (χ4n) is 1.32. The van der Waals surface area contributed by atoms with E-state index in [9.17, 15) is 18.0 Å². The summed E-state index contributed by atoms with van der Waals surface area (Å²) in [4.78, 5) is 22.1. The Morgan fingerprint density at radius 1 is 1.20 bits per heavy atom. The molecular weight excluding hydrogens is 286 g/mol. The van der Waals surface area contributed by atoms with Crippen molar-refractivity contribution in [1.82, 2.24) is 4.31 Å². The van der Waals surface area contributed by atoms with E-state index in [2.05, 4.69) is 4.74 Å². The molecule has 1 aromatic rings. The second kappa shape index (κ2) is 6.38. The first kappa shape index (κ1) is 16.0. The number of carbonyl (C=O) groups excluding carboxylic acids is 2. The van der Waals surface area contributed by atoms with E-state index in [1.165, 1.54) is 31.2 Å². The van der Waals surface area contributed by atoms with Crippen LogP contribution in [0.2, 0.25) is 0 Å². The van der Waals surface area contributed by atoms with Crippen LogP contribution in [0, 0.1) is 0 Å². The SMILES string of the molecule is CCOC(=O)N(C)S(=O)(=O)c1ccc(OC(C)=O)cc1. The molecule has 8 heteroatoms. The molecule has 0 saturated carbocycles. The summed E-state index contributed by atoms with van der Waals surface area (Å²) in [7, 11) is -2.88. The molecule has 0 unspecified atom stereocenters. The first-order chi connectivity index (χ1) is 9.28. The van der Waals surface area contributed by atoms with Crippen molar-refractivity contribution in [3.05, 3.63) is 24.3 Å². The van der Waals surface area contributed by atoms with Crippen molar-refractivity contribution < 1.29 is 27.5 Å². The van der Waals surface area contributed by atoms with Crippen LogP contribution in [0.4, 0.5) is 4.79 Å². The Morgan fingerprint density at radius 3 is 2.20 bits per heavy atom. The topological polar surface area (TPSA) is 90.0 Å². The van der Waals surface area contributed by atoms with Gasteiger partial charge in [-0.3, -0.25) is 4.79 Å². The molecule has 0 spiro atoms. The van der Waals surface area contributed by atoms with Crippen molar-refractivity contribution in [2.24, 2.45) is 0 Å². The quantitative estimate of drug-likeness (QED) is 0.616. The number of benzene rings is 1. The zero-order valence-electron chi connectivity index (χ0n) is 11.3. The van der Waals surface area contributed by atoms with Gasteiger partial charge in [-0.05, 0) is 31.2 Å². The molecule has 0 aliphatic carbocycles. The second-order valence-electron chi connectivity index (χ2n) is 3.74. The van der Waals surface area contributed by atoms with Crippen molar-refractivity contribution in [3.63, 3.8) is 0 Å². The lowest BCUT2D eigenvalue weighted by Gasteiger charge is -2.16. The van der Waals surface area contributed by atoms with Gasteiger partial charge in [0.15, 0.2) is 0 Å². The number of esters is 1. The Balaban J connectivity index is 2.98. The molecule has 0 atom stereocenters. The van der Waals surface area contributed by atoms with Crippen molar-refractivity contribution in [1.29, 1.82) is 0 Å². The minimum atomic E-state index is -3.99. The molecule has 0 heterocycles. The molecule has 0 radical (unpaired) electrons. The van der Waals surface area contributed by atoms with Gasteiger partial charge in [0.25, 0.3) is 10.0 Å². The Labute approximate surface area is 117 Å². The van der Waals surface area contributed by atoms with Gasteiger partial charge in [0.1, 0.15) is 5.75 Å². The molecule has 0 saturated heterocycles. The Kier molecular flexibility index (Phi) is 5.09. The van der Waals surface area contributed by atoms with E-state index >= 15 is 0 Å². The molecule has 0 bridgehead atoms. The summed E-state index contributed by atoms with van der Waals surface area (Å²) in [5, 5.41) is 0.